The fourth-order valence-electron chi connectivity index (χ4n) is 1.10. The summed E-state index contributed by atoms with van der Waals surface area (Å²) in [6, 6.07) is 3.83. The molecular formula is C9H11IO3S. The highest BCUT2D eigenvalue weighted by atomic mass is 127. The maximum absolute atomic E-state index is 5.20. The van der Waals surface area contributed by atoms with Crippen LogP contribution in [0.2, 0.25) is 0 Å². The Labute approximate surface area is 99.7 Å². The molecule has 0 heterocycles. The molecule has 0 aliphatic heterocycles. The molecule has 0 unspecified atom stereocenters. The van der Waals surface area contributed by atoms with Crippen LogP contribution in [-0.2, 0) is 0 Å². The van der Waals surface area contributed by atoms with E-state index in [9.17, 15) is 0 Å². The maximum atomic E-state index is 5.20. The van der Waals surface area contributed by atoms with Crippen LogP contribution < -0.4 is 14.2 Å². The van der Waals surface area contributed by atoms with Crippen molar-refractivity contribution in [3.63, 3.8) is 0 Å². The zero-order valence-corrected chi connectivity index (χ0v) is 11.1. The lowest BCUT2D eigenvalue weighted by molar-refractivity contribution is 0.323. The summed E-state index contributed by atoms with van der Waals surface area (Å²) in [4.78, 5) is 1.07. The van der Waals surface area contributed by atoms with Crippen LogP contribution in [0.3, 0.4) is 0 Å². The second kappa shape index (κ2) is 5.55. The third-order valence-electron chi connectivity index (χ3n) is 1.73. The second-order valence-corrected chi connectivity index (χ2v) is 4.39. The van der Waals surface area contributed by atoms with Crippen LogP contribution in [0.1, 0.15) is 0 Å². The number of methoxy groups -OCH3 is 3. The van der Waals surface area contributed by atoms with E-state index in [0.717, 1.165) is 4.90 Å². The monoisotopic (exact) mass is 326 g/mol. The van der Waals surface area contributed by atoms with Gasteiger partial charge in [0.05, 0.1) is 21.3 Å². The molecule has 0 fully saturated rings. The highest BCUT2D eigenvalue weighted by Gasteiger charge is 2.12. The van der Waals surface area contributed by atoms with E-state index in [4.69, 9.17) is 14.2 Å². The molecular weight excluding hydrogens is 315 g/mol. The molecule has 1 aromatic carbocycles. The average molecular weight is 326 g/mol. The van der Waals surface area contributed by atoms with E-state index in [0.29, 0.717) is 17.2 Å². The molecule has 0 aliphatic rings. The van der Waals surface area contributed by atoms with Gasteiger partial charge >= 0.3 is 0 Å². The van der Waals surface area contributed by atoms with Gasteiger partial charge in [-0.05, 0) is 12.1 Å². The summed E-state index contributed by atoms with van der Waals surface area (Å²) in [7, 11) is 6.42. The number of benzene rings is 1. The Bertz CT molecular complexity index is 292. The molecule has 0 saturated carbocycles. The number of halogens is 1. The van der Waals surface area contributed by atoms with E-state index < -0.39 is 0 Å². The summed E-state index contributed by atoms with van der Waals surface area (Å²) in [6.45, 7) is 0. The van der Waals surface area contributed by atoms with E-state index in [1.807, 2.05) is 12.1 Å². The molecule has 0 atom stereocenters. The van der Waals surface area contributed by atoms with Gasteiger partial charge in [0.2, 0.25) is 5.75 Å². The van der Waals surface area contributed by atoms with Gasteiger partial charge in [-0.25, -0.2) is 0 Å². The van der Waals surface area contributed by atoms with E-state index >= 15 is 0 Å². The van der Waals surface area contributed by atoms with Crippen LogP contribution in [0.25, 0.3) is 0 Å². The standard InChI is InChI=1S/C9H11IO3S/c1-11-7-4-6(14-10)5-8(12-2)9(7)13-3/h4-5H,1-3H3. The van der Waals surface area contributed by atoms with Crippen molar-refractivity contribution in [1.82, 2.24) is 0 Å². The summed E-state index contributed by atoms with van der Waals surface area (Å²) in [5.74, 6) is 2.00. The molecule has 3 nitrogen and oxygen atoms in total. The molecule has 5 heteroatoms. The van der Waals surface area contributed by atoms with Crippen LogP contribution in [0.4, 0.5) is 0 Å². The Morgan fingerprint density at radius 1 is 1.00 bits per heavy atom. The van der Waals surface area contributed by atoms with Gasteiger partial charge in [-0.15, -0.1) is 0 Å². The van der Waals surface area contributed by atoms with Crippen molar-refractivity contribution < 1.29 is 14.2 Å². The number of ether oxygens (including phenoxy) is 3. The Morgan fingerprint density at radius 2 is 1.50 bits per heavy atom. The van der Waals surface area contributed by atoms with Crippen molar-refractivity contribution in [2.45, 2.75) is 4.90 Å². The lowest BCUT2D eigenvalue weighted by atomic mass is 10.3. The van der Waals surface area contributed by atoms with Crippen LogP contribution in [0.15, 0.2) is 17.0 Å². The molecule has 0 radical (unpaired) electrons. The lowest BCUT2D eigenvalue weighted by Crippen LogP contribution is -1.94. The summed E-state index contributed by atoms with van der Waals surface area (Å²) in [6.07, 6.45) is 0. The SMILES string of the molecule is COc1cc(SI)cc(OC)c1OC. The molecule has 0 amide bonds. The van der Waals surface area contributed by atoms with Gasteiger partial charge in [0.1, 0.15) is 0 Å². The molecule has 0 aromatic heterocycles. The van der Waals surface area contributed by atoms with E-state index in [-0.39, 0.29) is 0 Å². The Balaban J connectivity index is 3.24. The lowest BCUT2D eigenvalue weighted by Gasteiger charge is -2.12. The first-order chi connectivity index (χ1) is 6.76. The third-order valence-corrected chi connectivity index (χ3v) is 3.67. The molecule has 1 rings (SSSR count). The predicted octanol–water partition coefficient (Wildman–Crippen LogP) is 3.15. The van der Waals surface area contributed by atoms with Gasteiger partial charge in [0.25, 0.3) is 0 Å². The van der Waals surface area contributed by atoms with Crippen molar-refractivity contribution in [2.75, 3.05) is 21.3 Å². The van der Waals surface area contributed by atoms with Gasteiger partial charge in [0, 0.05) is 26.1 Å². The van der Waals surface area contributed by atoms with Crippen LogP contribution in [-0.4, -0.2) is 21.3 Å². The summed E-state index contributed by atoms with van der Waals surface area (Å²) < 4.78 is 15.6. The van der Waals surface area contributed by atoms with E-state index in [1.54, 1.807) is 30.3 Å². The summed E-state index contributed by atoms with van der Waals surface area (Å²) in [5, 5.41) is 0. The first kappa shape index (κ1) is 11.8. The van der Waals surface area contributed by atoms with Crippen LogP contribution in [0.5, 0.6) is 17.2 Å². The van der Waals surface area contributed by atoms with E-state index in [2.05, 4.69) is 21.2 Å². The van der Waals surface area contributed by atoms with Gasteiger partial charge in [0.15, 0.2) is 11.5 Å². The van der Waals surface area contributed by atoms with Crippen molar-refractivity contribution >= 4 is 30.1 Å². The Morgan fingerprint density at radius 3 is 1.79 bits per heavy atom. The topological polar surface area (TPSA) is 27.7 Å². The minimum absolute atomic E-state index is 0.629. The summed E-state index contributed by atoms with van der Waals surface area (Å²) >= 11 is 2.21. The quantitative estimate of drug-likeness (QED) is 0.795. The highest BCUT2D eigenvalue weighted by molar-refractivity contribution is 14.2. The van der Waals surface area contributed by atoms with Gasteiger partial charge in [-0.2, -0.15) is 0 Å². The van der Waals surface area contributed by atoms with Gasteiger partial charge < -0.3 is 14.2 Å². The van der Waals surface area contributed by atoms with Crippen molar-refractivity contribution in [3.8, 4) is 17.2 Å². The molecule has 0 saturated heterocycles. The summed E-state index contributed by atoms with van der Waals surface area (Å²) in [5.41, 5.74) is 0. The van der Waals surface area contributed by atoms with Crippen molar-refractivity contribution in [3.05, 3.63) is 12.1 Å². The van der Waals surface area contributed by atoms with Crippen molar-refractivity contribution in [1.29, 1.82) is 0 Å². The fourth-order valence-corrected chi connectivity index (χ4v) is 2.17. The number of rotatable bonds is 4. The fraction of sp³-hybridized carbons (Fsp3) is 0.333. The third kappa shape index (κ3) is 2.38. The minimum Gasteiger partial charge on any atom is -0.493 e. The first-order valence-corrected chi connectivity index (χ1v) is 7.21. The molecule has 1 aromatic rings. The number of hydrogen-bond acceptors (Lipinski definition) is 4. The first-order valence-electron chi connectivity index (χ1n) is 3.85. The average Bonchev–Trinajstić information content (AvgIpc) is 2.26. The van der Waals surface area contributed by atoms with Crippen LogP contribution >= 0.6 is 30.1 Å². The molecule has 78 valence electrons. The normalized spacial score (nSPS) is 9.71. The Hall–Kier alpha value is -0.300. The van der Waals surface area contributed by atoms with Gasteiger partial charge in [-0.3, -0.25) is 0 Å². The smallest absolute Gasteiger partial charge is 0.203 e. The zero-order valence-electron chi connectivity index (χ0n) is 8.17. The maximum Gasteiger partial charge on any atom is 0.203 e. The highest BCUT2D eigenvalue weighted by Crippen LogP contribution is 2.42. The van der Waals surface area contributed by atoms with E-state index in [1.165, 1.54) is 0 Å². The van der Waals surface area contributed by atoms with Crippen LogP contribution in [0, 0.1) is 0 Å². The zero-order chi connectivity index (χ0) is 10.6. The Kier molecular flexibility index (Phi) is 4.67. The number of hydrogen-bond donors (Lipinski definition) is 0. The molecule has 0 spiro atoms. The predicted molar refractivity (Wildman–Crippen MR) is 66.0 cm³/mol. The largest absolute Gasteiger partial charge is 0.493 e. The molecule has 0 aliphatic carbocycles. The molecule has 0 bridgehead atoms. The molecule has 0 N–H and O–H groups in total. The van der Waals surface area contributed by atoms with Crippen molar-refractivity contribution in [2.24, 2.45) is 0 Å². The molecule has 14 heavy (non-hydrogen) atoms. The minimum atomic E-state index is 0.629. The van der Waals surface area contributed by atoms with Gasteiger partial charge in [-0.1, -0.05) is 8.93 Å². The second-order valence-electron chi connectivity index (χ2n) is 2.44.